The van der Waals surface area contributed by atoms with Gasteiger partial charge in [0.25, 0.3) is 0 Å². The number of sulfone groups is 1. The van der Waals surface area contributed by atoms with Crippen molar-refractivity contribution in [1.29, 1.82) is 0 Å². The number of hydrogen-bond acceptors (Lipinski definition) is 4. The molecule has 1 aliphatic rings. The number of halogens is 1. The van der Waals surface area contributed by atoms with E-state index in [0.717, 1.165) is 32.7 Å². The summed E-state index contributed by atoms with van der Waals surface area (Å²) >= 11 is 0. The molecule has 1 fully saturated rings. The lowest BCUT2D eigenvalue weighted by Gasteiger charge is -2.27. The van der Waals surface area contributed by atoms with Crippen molar-refractivity contribution in [2.45, 2.75) is 52.9 Å². The predicted molar refractivity (Wildman–Crippen MR) is 116 cm³/mol. The van der Waals surface area contributed by atoms with Crippen molar-refractivity contribution in [3.05, 3.63) is 0 Å². The van der Waals surface area contributed by atoms with E-state index in [-0.39, 0.29) is 40.9 Å². The number of aliphatic imine (C=N–C) groups is 1. The van der Waals surface area contributed by atoms with E-state index in [1.807, 2.05) is 13.8 Å². The summed E-state index contributed by atoms with van der Waals surface area (Å²) < 4.78 is 28.7. The molecule has 0 aromatic rings. The van der Waals surface area contributed by atoms with E-state index in [9.17, 15) is 8.42 Å². The SMILES string of the molecule is CCNC(=NCC1(CCOCC)CCCC1)NCCS(=O)(=O)CC.I. The summed E-state index contributed by atoms with van der Waals surface area (Å²) in [5, 5.41) is 6.36. The van der Waals surface area contributed by atoms with Crippen LogP contribution in [-0.2, 0) is 14.6 Å². The van der Waals surface area contributed by atoms with Gasteiger partial charge in [-0.15, -0.1) is 24.0 Å². The lowest BCUT2D eigenvalue weighted by molar-refractivity contribution is 0.107. The molecule has 6 nitrogen and oxygen atoms in total. The van der Waals surface area contributed by atoms with Gasteiger partial charge < -0.3 is 15.4 Å². The number of nitrogens with one attached hydrogen (secondary N) is 2. The summed E-state index contributed by atoms with van der Waals surface area (Å²) in [4.78, 5) is 4.74. The van der Waals surface area contributed by atoms with Crippen LogP contribution < -0.4 is 10.6 Å². The zero-order valence-electron chi connectivity index (χ0n) is 16.0. The predicted octanol–water partition coefficient (Wildman–Crippen LogP) is 2.58. The van der Waals surface area contributed by atoms with Gasteiger partial charge in [-0.3, -0.25) is 4.99 Å². The molecule has 150 valence electrons. The third-order valence-corrected chi connectivity index (χ3v) is 6.41. The number of rotatable bonds is 11. The highest BCUT2D eigenvalue weighted by Gasteiger charge is 2.33. The molecular weight excluding hydrogens is 453 g/mol. The minimum absolute atomic E-state index is 0. The molecule has 2 N–H and O–H groups in total. The van der Waals surface area contributed by atoms with Crippen molar-refractivity contribution in [2.24, 2.45) is 10.4 Å². The lowest BCUT2D eigenvalue weighted by Crippen LogP contribution is -2.40. The van der Waals surface area contributed by atoms with Crippen LogP contribution in [0.5, 0.6) is 0 Å². The molecule has 1 aliphatic carbocycles. The highest BCUT2D eigenvalue weighted by atomic mass is 127. The molecule has 0 spiro atoms. The van der Waals surface area contributed by atoms with Gasteiger partial charge in [0.05, 0.1) is 5.75 Å². The Hall–Kier alpha value is -0.0900. The van der Waals surface area contributed by atoms with Crippen LogP contribution >= 0.6 is 24.0 Å². The average Bonchev–Trinajstić information content (AvgIpc) is 3.02. The Balaban J connectivity index is 0.00000576. The fourth-order valence-corrected chi connectivity index (χ4v) is 3.80. The van der Waals surface area contributed by atoms with Crippen LogP contribution in [0.2, 0.25) is 0 Å². The minimum atomic E-state index is -2.95. The number of nitrogens with zero attached hydrogens (tertiary/aromatic N) is 1. The Kier molecular flexibility index (Phi) is 13.1. The Labute approximate surface area is 170 Å². The van der Waals surface area contributed by atoms with Gasteiger partial charge in [0.1, 0.15) is 0 Å². The topological polar surface area (TPSA) is 79.8 Å². The van der Waals surface area contributed by atoms with Crippen LogP contribution in [0.15, 0.2) is 4.99 Å². The van der Waals surface area contributed by atoms with Gasteiger partial charge in [-0.2, -0.15) is 0 Å². The van der Waals surface area contributed by atoms with E-state index in [1.165, 1.54) is 25.7 Å². The molecule has 0 aromatic heterocycles. The number of hydrogen-bond donors (Lipinski definition) is 2. The molecule has 0 unspecified atom stereocenters. The van der Waals surface area contributed by atoms with Crippen LogP contribution in [0.25, 0.3) is 0 Å². The monoisotopic (exact) mass is 489 g/mol. The highest BCUT2D eigenvalue weighted by Crippen LogP contribution is 2.41. The van der Waals surface area contributed by atoms with Crippen LogP contribution in [0.3, 0.4) is 0 Å². The first kappa shape index (κ1) is 24.9. The molecular formula is C17H36IN3O3S. The first-order chi connectivity index (χ1) is 11.5. The minimum Gasteiger partial charge on any atom is -0.382 e. The Morgan fingerprint density at radius 3 is 2.40 bits per heavy atom. The molecule has 0 amide bonds. The summed E-state index contributed by atoms with van der Waals surface area (Å²) in [5.74, 6) is 1.04. The van der Waals surface area contributed by atoms with Crippen LogP contribution in [0.1, 0.15) is 52.9 Å². The molecule has 25 heavy (non-hydrogen) atoms. The zero-order valence-corrected chi connectivity index (χ0v) is 19.1. The van der Waals surface area contributed by atoms with E-state index in [1.54, 1.807) is 6.92 Å². The fourth-order valence-electron chi connectivity index (χ4n) is 3.10. The third-order valence-electron chi connectivity index (χ3n) is 4.71. The van der Waals surface area contributed by atoms with Crippen molar-refractivity contribution in [1.82, 2.24) is 10.6 Å². The Morgan fingerprint density at radius 2 is 1.84 bits per heavy atom. The summed E-state index contributed by atoms with van der Waals surface area (Å²) in [7, 11) is -2.95. The van der Waals surface area contributed by atoms with Gasteiger partial charge >= 0.3 is 0 Å². The third kappa shape index (κ3) is 9.98. The Morgan fingerprint density at radius 1 is 1.16 bits per heavy atom. The van der Waals surface area contributed by atoms with Gasteiger partial charge in [0.2, 0.25) is 0 Å². The van der Waals surface area contributed by atoms with E-state index < -0.39 is 9.84 Å². The van der Waals surface area contributed by atoms with Crippen molar-refractivity contribution in [2.75, 3.05) is 44.4 Å². The quantitative estimate of drug-likeness (QED) is 0.202. The van der Waals surface area contributed by atoms with E-state index >= 15 is 0 Å². The average molecular weight is 489 g/mol. The smallest absolute Gasteiger partial charge is 0.191 e. The largest absolute Gasteiger partial charge is 0.382 e. The van der Waals surface area contributed by atoms with E-state index in [2.05, 4.69) is 10.6 Å². The zero-order chi connectivity index (χ0) is 17.9. The van der Waals surface area contributed by atoms with Gasteiger partial charge in [-0.25, -0.2) is 8.42 Å². The van der Waals surface area contributed by atoms with Crippen LogP contribution in [0.4, 0.5) is 0 Å². The maximum Gasteiger partial charge on any atom is 0.191 e. The molecule has 0 atom stereocenters. The second-order valence-electron chi connectivity index (χ2n) is 6.51. The molecule has 0 heterocycles. The first-order valence-electron chi connectivity index (χ1n) is 9.27. The second-order valence-corrected chi connectivity index (χ2v) is 8.99. The lowest BCUT2D eigenvalue weighted by atomic mass is 9.83. The summed E-state index contributed by atoms with van der Waals surface area (Å²) in [5.41, 5.74) is 0.243. The molecule has 0 aromatic carbocycles. The van der Waals surface area contributed by atoms with Crippen molar-refractivity contribution in [3.8, 4) is 0 Å². The van der Waals surface area contributed by atoms with Gasteiger partial charge in [0.15, 0.2) is 15.8 Å². The molecule has 8 heteroatoms. The van der Waals surface area contributed by atoms with Gasteiger partial charge in [0, 0.05) is 38.6 Å². The maximum absolute atomic E-state index is 11.6. The molecule has 0 bridgehead atoms. The molecule has 0 saturated heterocycles. The van der Waals surface area contributed by atoms with Crippen molar-refractivity contribution < 1.29 is 13.2 Å². The van der Waals surface area contributed by atoms with E-state index in [4.69, 9.17) is 9.73 Å². The molecule has 1 saturated carbocycles. The van der Waals surface area contributed by atoms with Crippen LogP contribution in [0, 0.1) is 5.41 Å². The second kappa shape index (κ2) is 13.1. The normalized spacial score (nSPS) is 17.2. The summed E-state index contributed by atoms with van der Waals surface area (Å²) in [6.07, 6.45) is 5.98. The Bertz CT molecular complexity index is 478. The maximum atomic E-state index is 11.6. The standard InChI is InChI=1S/C17H35N3O3S.HI/c1-4-18-16(19-12-14-24(21,22)6-3)20-15-17(9-7-8-10-17)11-13-23-5-2;/h4-15H2,1-3H3,(H2,18,19,20);1H. The van der Waals surface area contributed by atoms with Crippen molar-refractivity contribution in [3.63, 3.8) is 0 Å². The first-order valence-corrected chi connectivity index (χ1v) is 11.1. The molecule has 0 radical (unpaired) electrons. The molecule has 0 aliphatic heterocycles. The number of ether oxygens (including phenoxy) is 1. The summed E-state index contributed by atoms with van der Waals surface area (Å²) in [6, 6.07) is 0. The fraction of sp³-hybridized carbons (Fsp3) is 0.941. The van der Waals surface area contributed by atoms with Gasteiger partial charge in [-0.1, -0.05) is 19.8 Å². The van der Waals surface area contributed by atoms with E-state index in [0.29, 0.717) is 12.5 Å². The summed E-state index contributed by atoms with van der Waals surface area (Å²) in [6.45, 7) is 9.21. The van der Waals surface area contributed by atoms with Crippen LogP contribution in [-0.4, -0.2) is 58.7 Å². The highest BCUT2D eigenvalue weighted by molar-refractivity contribution is 14.0. The van der Waals surface area contributed by atoms with Gasteiger partial charge in [-0.05, 0) is 38.5 Å². The number of guanidine groups is 1. The van der Waals surface area contributed by atoms with Crippen molar-refractivity contribution >= 4 is 39.8 Å². The molecule has 1 rings (SSSR count).